The van der Waals surface area contributed by atoms with Crippen LogP contribution in [0.3, 0.4) is 0 Å². The number of rotatable bonds is 9. The molecule has 3 heteroatoms. The maximum atomic E-state index is 4.99. The Morgan fingerprint density at radius 2 is 2.15 bits per heavy atom. The number of nitrogens with one attached hydrogen (secondary N) is 1. The Bertz CT molecular complexity index is 101. The van der Waals surface area contributed by atoms with E-state index in [0.717, 1.165) is 13.2 Å². The number of thioether (sulfide) groups is 1. The van der Waals surface area contributed by atoms with Gasteiger partial charge in [-0.05, 0) is 25.1 Å². The van der Waals surface area contributed by atoms with Crippen molar-refractivity contribution < 1.29 is 4.74 Å². The molecule has 0 saturated heterocycles. The molecule has 0 saturated carbocycles. The van der Waals surface area contributed by atoms with Crippen molar-refractivity contribution in [3.63, 3.8) is 0 Å². The third-order valence-electron chi connectivity index (χ3n) is 1.94. The molecule has 13 heavy (non-hydrogen) atoms. The van der Waals surface area contributed by atoms with E-state index in [1.54, 1.807) is 7.11 Å². The Balaban J connectivity index is 3.17. The first-order chi connectivity index (χ1) is 6.35. The van der Waals surface area contributed by atoms with Crippen molar-refractivity contribution in [1.29, 1.82) is 0 Å². The molecule has 0 heterocycles. The zero-order valence-corrected chi connectivity index (χ0v) is 9.95. The monoisotopic (exact) mass is 205 g/mol. The molecule has 0 rings (SSSR count). The first kappa shape index (κ1) is 13.3. The van der Waals surface area contributed by atoms with Gasteiger partial charge in [0.25, 0.3) is 0 Å². The van der Waals surface area contributed by atoms with Crippen LogP contribution in [0.15, 0.2) is 0 Å². The van der Waals surface area contributed by atoms with Crippen LogP contribution in [0.4, 0.5) is 0 Å². The minimum Gasteiger partial charge on any atom is -0.385 e. The minimum absolute atomic E-state index is 0.692. The SMILES string of the molecule is CCNC(CC)CSCCCOC. The second-order valence-electron chi connectivity index (χ2n) is 3.08. The molecule has 0 aromatic heterocycles. The van der Waals surface area contributed by atoms with Gasteiger partial charge in [0.2, 0.25) is 0 Å². The Kier molecular flexibility index (Phi) is 10.6. The van der Waals surface area contributed by atoms with Crippen LogP contribution in [0.25, 0.3) is 0 Å². The normalized spacial score (nSPS) is 13.2. The molecule has 0 fully saturated rings. The molecule has 0 aromatic carbocycles. The highest BCUT2D eigenvalue weighted by Crippen LogP contribution is 2.06. The van der Waals surface area contributed by atoms with E-state index < -0.39 is 0 Å². The average Bonchev–Trinajstić information content (AvgIpc) is 2.16. The highest BCUT2D eigenvalue weighted by molar-refractivity contribution is 7.99. The zero-order chi connectivity index (χ0) is 9.94. The summed E-state index contributed by atoms with van der Waals surface area (Å²) < 4.78 is 4.99. The van der Waals surface area contributed by atoms with Crippen LogP contribution in [0, 0.1) is 0 Å². The third kappa shape index (κ3) is 8.60. The van der Waals surface area contributed by atoms with Gasteiger partial charge < -0.3 is 10.1 Å². The van der Waals surface area contributed by atoms with Crippen LogP contribution < -0.4 is 5.32 Å². The van der Waals surface area contributed by atoms with Gasteiger partial charge in [-0.2, -0.15) is 11.8 Å². The molecule has 1 unspecified atom stereocenters. The van der Waals surface area contributed by atoms with E-state index in [4.69, 9.17) is 4.74 Å². The predicted molar refractivity (Wildman–Crippen MR) is 61.6 cm³/mol. The molecular formula is C10H23NOS. The quantitative estimate of drug-likeness (QED) is 0.583. The van der Waals surface area contributed by atoms with Crippen molar-refractivity contribution in [2.24, 2.45) is 0 Å². The Morgan fingerprint density at radius 3 is 2.69 bits per heavy atom. The van der Waals surface area contributed by atoms with Gasteiger partial charge in [0.1, 0.15) is 0 Å². The fourth-order valence-corrected chi connectivity index (χ4v) is 2.27. The van der Waals surface area contributed by atoms with Crippen molar-refractivity contribution in [3.05, 3.63) is 0 Å². The molecule has 0 aliphatic carbocycles. The molecule has 1 atom stereocenters. The molecule has 0 aliphatic rings. The summed E-state index contributed by atoms with van der Waals surface area (Å²) in [5.74, 6) is 2.45. The van der Waals surface area contributed by atoms with E-state index in [2.05, 4.69) is 19.2 Å². The van der Waals surface area contributed by atoms with Gasteiger partial charge in [-0.15, -0.1) is 0 Å². The van der Waals surface area contributed by atoms with Crippen LogP contribution in [0.2, 0.25) is 0 Å². The molecule has 0 radical (unpaired) electrons. The van der Waals surface area contributed by atoms with Gasteiger partial charge in [-0.25, -0.2) is 0 Å². The predicted octanol–water partition coefficient (Wildman–Crippen LogP) is 2.14. The van der Waals surface area contributed by atoms with Crippen LogP contribution in [0.1, 0.15) is 26.7 Å². The lowest BCUT2D eigenvalue weighted by atomic mass is 10.2. The number of hydrogen-bond donors (Lipinski definition) is 1. The van der Waals surface area contributed by atoms with Gasteiger partial charge in [0, 0.05) is 25.5 Å². The second kappa shape index (κ2) is 10.4. The lowest BCUT2D eigenvalue weighted by molar-refractivity contribution is 0.200. The molecule has 0 spiro atoms. The van der Waals surface area contributed by atoms with Crippen LogP contribution >= 0.6 is 11.8 Å². The maximum Gasteiger partial charge on any atom is 0.0470 e. The van der Waals surface area contributed by atoms with E-state index in [9.17, 15) is 0 Å². The summed E-state index contributed by atoms with van der Waals surface area (Å²) in [5, 5.41) is 3.47. The van der Waals surface area contributed by atoms with Crippen molar-refractivity contribution in [2.45, 2.75) is 32.7 Å². The second-order valence-corrected chi connectivity index (χ2v) is 4.23. The van der Waals surface area contributed by atoms with Crippen LogP contribution in [-0.4, -0.2) is 37.8 Å². The first-order valence-corrected chi connectivity index (χ1v) is 6.30. The van der Waals surface area contributed by atoms with E-state index in [0.29, 0.717) is 6.04 Å². The topological polar surface area (TPSA) is 21.3 Å². The molecule has 80 valence electrons. The third-order valence-corrected chi connectivity index (χ3v) is 3.16. The van der Waals surface area contributed by atoms with E-state index >= 15 is 0 Å². The summed E-state index contributed by atoms with van der Waals surface area (Å²) in [4.78, 5) is 0. The summed E-state index contributed by atoms with van der Waals surface area (Å²) in [5.41, 5.74) is 0. The van der Waals surface area contributed by atoms with Crippen LogP contribution in [0.5, 0.6) is 0 Å². The molecule has 0 amide bonds. The van der Waals surface area contributed by atoms with Gasteiger partial charge in [0.05, 0.1) is 0 Å². The van der Waals surface area contributed by atoms with E-state index in [-0.39, 0.29) is 0 Å². The smallest absolute Gasteiger partial charge is 0.0470 e. The average molecular weight is 205 g/mol. The van der Waals surface area contributed by atoms with Crippen molar-refractivity contribution in [3.8, 4) is 0 Å². The Hall–Kier alpha value is 0.270. The molecule has 0 aromatic rings. The molecule has 1 N–H and O–H groups in total. The zero-order valence-electron chi connectivity index (χ0n) is 9.14. The minimum atomic E-state index is 0.692. The summed E-state index contributed by atoms with van der Waals surface area (Å²) in [6, 6.07) is 0.692. The number of ether oxygens (including phenoxy) is 1. The summed E-state index contributed by atoms with van der Waals surface area (Å²) in [6.45, 7) is 6.38. The van der Waals surface area contributed by atoms with Gasteiger partial charge in [-0.3, -0.25) is 0 Å². The Labute approximate surface area is 86.8 Å². The summed E-state index contributed by atoms with van der Waals surface area (Å²) >= 11 is 2.02. The molecule has 2 nitrogen and oxygen atoms in total. The summed E-state index contributed by atoms with van der Waals surface area (Å²) in [7, 11) is 1.76. The van der Waals surface area contributed by atoms with E-state index in [1.807, 2.05) is 11.8 Å². The van der Waals surface area contributed by atoms with E-state index in [1.165, 1.54) is 24.3 Å². The number of methoxy groups -OCH3 is 1. The fraction of sp³-hybridized carbons (Fsp3) is 1.00. The standard InChI is InChI=1S/C10H23NOS/c1-4-10(11-5-2)9-13-8-6-7-12-3/h10-11H,4-9H2,1-3H3. The lowest BCUT2D eigenvalue weighted by Gasteiger charge is -2.14. The van der Waals surface area contributed by atoms with Crippen LogP contribution in [-0.2, 0) is 4.74 Å². The van der Waals surface area contributed by atoms with Crippen molar-refractivity contribution in [2.75, 3.05) is 31.8 Å². The van der Waals surface area contributed by atoms with Gasteiger partial charge in [-0.1, -0.05) is 13.8 Å². The molecule has 0 bridgehead atoms. The summed E-state index contributed by atoms with van der Waals surface area (Å²) in [6.07, 6.45) is 2.40. The van der Waals surface area contributed by atoms with Gasteiger partial charge in [0.15, 0.2) is 0 Å². The van der Waals surface area contributed by atoms with Crippen molar-refractivity contribution >= 4 is 11.8 Å². The molecule has 0 aliphatic heterocycles. The first-order valence-electron chi connectivity index (χ1n) is 5.15. The lowest BCUT2D eigenvalue weighted by Crippen LogP contribution is -2.30. The molecular weight excluding hydrogens is 182 g/mol. The Morgan fingerprint density at radius 1 is 1.38 bits per heavy atom. The van der Waals surface area contributed by atoms with Crippen molar-refractivity contribution in [1.82, 2.24) is 5.32 Å². The highest BCUT2D eigenvalue weighted by atomic mass is 32.2. The fourth-order valence-electron chi connectivity index (χ4n) is 1.14. The van der Waals surface area contributed by atoms with Gasteiger partial charge >= 0.3 is 0 Å². The number of hydrogen-bond acceptors (Lipinski definition) is 3. The highest BCUT2D eigenvalue weighted by Gasteiger charge is 2.02. The maximum absolute atomic E-state index is 4.99. The largest absolute Gasteiger partial charge is 0.385 e.